The number of likely N-dealkylation sites (N-methyl/N-ethyl adjacent to an activating group) is 1. The van der Waals surface area contributed by atoms with Gasteiger partial charge in [-0.3, -0.25) is 0 Å². The summed E-state index contributed by atoms with van der Waals surface area (Å²) in [7, 11) is 1.83. The molecule has 0 atom stereocenters. The van der Waals surface area contributed by atoms with Gasteiger partial charge >= 0.3 is 5.97 Å². The van der Waals surface area contributed by atoms with Crippen molar-refractivity contribution in [3.63, 3.8) is 0 Å². The number of carboxylic acid groups (broad SMARTS) is 1. The molecule has 0 aromatic heterocycles. The summed E-state index contributed by atoms with van der Waals surface area (Å²) in [6.45, 7) is 2.01. The summed E-state index contributed by atoms with van der Waals surface area (Å²) in [5.74, 6) is -0.233. The summed E-state index contributed by atoms with van der Waals surface area (Å²) in [6, 6.07) is 4.91. The number of carboxylic acids is 1. The average Bonchev–Trinajstić information content (AvgIpc) is 3.18. The fraction of sp³-hybridized carbons (Fsp3) is 0.500. The van der Waals surface area contributed by atoms with E-state index in [4.69, 9.17) is 16.3 Å². The number of nitrogens with zero attached hydrogens (tertiary/aromatic N) is 1. The normalized spacial score (nSPS) is 14.4. The molecule has 1 aromatic rings. The van der Waals surface area contributed by atoms with Crippen molar-refractivity contribution in [1.29, 1.82) is 0 Å². The molecule has 2 rings (SSSR count). The third-order valence-electron chi connectivity index (χ3n) is 3.22. The maximum atomic E-state index is 11.2. The number of para-hydroxylation sites is 1. The van der Waals surface area contributed by atoms with E-state index in [2.05, 4.69) is 0 Å². The van der Waals surface area contributed by atoms with E-state index in [1.54, 1.807) is 18.2 Å². The van der Waals surface area contributed by atoms with Gasteiger partial charge in [0.15, 0.2) is 0 Å². The molecule has 0 unspecified atom stereocenters. The van der Waals surface area contributed by atoms with E-state index in [-0.39, 0.29) is 5.56 Å². The minimum Gasteiger partial charge on any atom is -0.478 e. The first kappa shape index (κ1) is 14.2. The first-order chi connectivity index (χ1) is 9.09. The average molecular weight is 284 g/mol. The predicted octanol–water partition coefficient (Wildman–Crippen LogP) is 2.90. The molecule has 1 saturated carbocycles. The number of anilines is 1. The molecule has 0 bridgehead atoms. The minimum atomic E-state index is -0.969. The van der Waals surface area contributed by atoms with Gasteiger partial charge in [-0.25, -0.2) is 4.79 Å². The summed E-state index contributed by atoms with van der Waals surface area (Å²) >= 11 is 6.10. The number of carbonyl (C=O) groups is 1. The SMILES string of the molecule is CN(CCOCC1CC1)c1c(Cl)cccc1C(=O)O. The Hall–Kier alpha value is -1.26. The van der Waals surface area contributed by atoms with Crippen LogP contribution in [-0.4, -0.2) is 37.9 Å². The van der Waals surface area contributed by atoms with Gasteiger partial charge in [-0.1, -0.05) is 17.7 Å². The van der Waals surface area contributed by atoms with Crippen LogP contribution in [-0.2, 0) is 4.74 Å². The van der Waals surface area contributed by atoms with Gasteiger partial charge in [-0.05, 0) is 30.9 Å². The molecular formula is C14H18ClNO3. The Morgan fingerprint density at radius 1 is 1.53 bits per heavy atom. The summed E-state index contributed by atoms with van der Waals surface area (Å²) in [5.41, 5.74) is 0.767. The molecule has 4 nitrogen and oxygen atoms in total. The molecule has 5 heteroatoms. The minimum absolute atomic E-state index is 0.220. The van der Waals surface area contributed by atoms with Crippen LogP contribution in [0.1, 0.15) is 23.2 Å². The third kappa shape index (κ3) is 3.85. The van der Waals surface area contributed by atoms with Gasteiger partial charge in [0.25, 0.3) is 0 Å². The van der Waals surface area contributed by atoms with E-state index in [1.165, 1.54) is 12.8 Å². The van der Waals surface area contributed by atoms with Gasteiger partial charge in [0, 0.05) is 20.2 Å². The van der Waals surface area contributed by atoms with Crippen LogP contribution >= 0.6 is 11.6 Å². The third-order valence-corrected chi connectivity index (χ3v) is 3.53. The van der Waals surface area contributed by atoms with E-state index < -0.39 is 5.97 Å². The Labute approximate surface area is 117 Å². The van der Waals surface area contributed by atoms with Crippen LogP contribution in [0.2, 0.25) is 5.02 Å². The van der Waals surface area contributed by atoms with Crippen LogP contribution in [0.5, 0.6) is 0 Å². The molecule has 1 N–H and O–H groups in total. The van der Waals surface area contributed by atoms with Crippen LogP contribution in [0, 0.1) is 5.92 Å². The summed E-state index contributed by atoms with van der Waals surface area (Å²) in [6.07, 6.45) is 2.53. The zero-order valence-electron chi connectivity index (χ0n) is 10.9. The Balaban J connectivity index is 1.96. The lowest BCUT2D eigenvalue weighted by Gasteiger charge is -2.22. The summed E-state index contributed by atoms with van der Waals surface area (Å²) in [4.78, 5) is 13.0. The molecule has 1 fully saturated rings. The number of ether oxygens (including phenoxy) is 1. The van der Waals surface area contributed by atoms with E-state index in [1.807, 2.05) is 11.9 Å². The number of rotatable bonds is 7. The van der Waals surface area contributed by atoms with Gasteiger partial charge < -0.3 is 14.7 Å². The summed E-state index contributed by atoms with van der Waals surface area (Å²) < 4.78 is 5.56. The molecular weight excluding hydrogens is 266 g/mol. The van der Waals surface area contributed by atoms with Crippen molar-refractivity contribution in [2.45, 2.75) is 12.8 Å². The molecule has 19 heavy (non-hydrogen) atoms. The van der Waals surface area contributed by atoms with Gasteiger partial charge in [0.05, 0.1) is 22.9 Å². The molecule has 1 aliphatic rings. The highest BCUT2D eigenvalue weighted by molar-refractivity contribution is 6.34. The molecule has 0 radical (unpaired) electrons. The number of aromatic carboxylic acids is 1. The van der Waals surface area contributed by atoms with Crippen molar-refractivity contribution in [2.75, 3.05) is 31.7 Å². The lowest BCUT2D eigenvalue weighted by molar-refractivity contribution is 0.0697. The van der Waals surface area contributed by atoms with Gasteiger partial charge in [-0.15, -0.1) is 0 Å². The van der Waals surface area contributed by atoms with Crippen LogP contribution in [0.25, 0.3) is 0 Å². The van der Waals surface area contributed by atoms with Gasteiger partial charge in [0.1, 0.15) is 0 Å². The van der Waals surface area contributed by atoms with Crippen molar-refractivity contribution >= 4 is 23.3 Å². The largest absolute Gasteiger partial charge is 0.478 e. The van der Waals surface area contributed by atoms with Gasteiger partial charge in [0.2, 0.25) is 0 Å². The molecule has 0 saturated heterocycles. The maximum absolute atomic E-state index is 11.2. The van der Waals surface area contributed by atoms with Crippen LogP contribution in [0.4, 0.5) is 5.69 Å². The first-order valence-electron chi connectivity index (χ1n) is 6.40. The highest BCUT2D eigenvalue weighted by Gasteiger charge is 2.21. The van der Waals surface area contributed by atoms with Crippen molar-refractivity contribution in [3.05, 3.63) is 28.8 Å². The highest BCUT2D eigenvalue weighted by atomic mass is 35.5. The molecule has 0 amide bonds. The molecule has 0 aliphatic heterocycles. The van der Waals surface area contributed by atoms with Crippen molar-refractivity contribution in [2.24, 2.45) is 5.92 Å². The van der Waals surface area contributed by atoms with E-state index in [0.29, 0.717) is 23.9 Å². The molecule has 0 spiro atoms. The van der Waals surface area contributed by atoms with E-state index in [0.717, 1.165) is 12.5 Å². The lowest BCUT2D eigenvalue weighted by Crippen LogP contribution is -2.25. The fourth-order valence-corrected chi connectivity index (χ4v) is 2.24. The van der Waals surface area contributed by atoms with E-state index >= 15 is 0 Å². The molecule has 1 aromatic carbocycles. The Kier molecular flexibility index (Phi) is 4.66. The monoisotopic (exact) mass is 283 g/mol. The van der Waals surface area contributed by atoms with Crippen LogP contribution < -0.4 is 4.90 Å². The maximum Gasteiger partial charge on any atom is 0.337 e. The zero-order chi connectivity index (χ0) is 13.8. The number of benzene rings is 1. The van der Waals surface area contributed by atoms with Crippen molar-refractivity contribution in [3.8, 4) is 0 Å². The highest BCUT2D eigenvalue weighted by Crippen LogP contribution is 2.30. The smallest absolute Gasteiger partial charge is 0.337 e. The Morgan fingerprint density at radius 3 is 2.89 bits per heavy atom. The number of hydrogen-bond donors (Lipinski definition) is 1. The topological polar surface area (TPSA) is 49.8 Å². The second-order valence-corrected chi connectivity index (χ2v) is 5.29. The Bertz CT molecular complexity index is 460. The molecule has 104 valence electrons. The second-order valence-electron chi connectivity index (χ2n) is 4.88. The first-order valence-corrected chi connectivity index (χ1v) is 6.78. The fourth-order valence-electron chi connectivity index (χ4n) is 1.92. The lowest BCUT2D eigenvalue weighted by atomic mass is 10.1. The zero-order valence-corrected chi connectivity index (χ0v) is 11.7. The summed E-state index contributed by atoms with van der Waals surface area (Å²) in [5, 5.41) is 9.62. The van der Waals surface area contributed by atoms with E-state index in [9.17, 15) is 9.90 Å². The van der Waals surface area contributed by atoms with Crippen molar-refractivity contribution in [1.82, 2.24) is 0 Å². The quantitative estimate of drug-likeness (QED) is 0.782. The number of hydrogen-bond acceptors (Lipinski definition) is 3. The number of halogens is 1. The standard InChI is InChI=1S/C14H18ClNO3/c1-16(7-8-19-9-10-5-6-10)13-11(14(17)18)3-2-4-12(13)15/h2-4,10H,5-9H2,1H3,(H,17,18). The molecule has 1 aliphatic carbocycles. The second kappa shape index (κ2) is 6.26. The molecule has 0 heterocycles. The van der Waals surface area contributed by atoms with Gasteiger partial charge in [-0.2, -0.15) is 0 Å². The van der Waals surface area contributed by atoms with Crippen LogP contribution in [0.3, 0.4) is 0 Å². The van der Waals surface area contributed by atoms with Crippen molar-refractivity contribution < 1.29 is 14.6 Å². The Morgan fingerprint density at radius 2 is 2.26 bits per heavy atom. The predicted molar refractivity (Wildman–Crippen MR) is 75.2 cm³/mol. The van der Waals surface area contributed by atoms with Crippen LogP contribution in [0.15, 0.2) is 18.2 Å².